The van der Waals surface area contributed by atoms with Crippen LogP contribution in [0.5, 0.6) is 0 Å². The highest BCUT2D eigenvalue weighted by molar-refractivity contribution is 7.15. The Hall–Kier alpha value is -1.68. The van der Waals surface area contributed by atoms with Gasteiger partial charge in [0.15, 0.2) is 0 Å². The highest BCUT2D eigenvalue weighted by atomic mass is 32.1. The molecule has 17 heavy (non-hydrogen) atoms. The van der Waals surface area contributed by atoms with Gasteiger partial charge in [0.2, 0.25) is 5.13 Å². The van der Waals surface area contributed by atoms with Crippen LogP contribution in [0, 0.1) is 11.3 Å². The molecule has 0 saturated carbocycles. The molecule has 92 valence electrons. The second kappa shape index (κ2) is 5.59. The molecule has 1 atom stereocenters. The smallest absolute Gasteiger partial charge is 0.325 e. The van der Waals surface area contributed by atoms with Gasteiger partial charge in [-0.25, -0.2) is 4.79 Å². The number of rotatable bonds is 3. The van der Waals surface area contributed by atoms with Crippen molar-refractivity contribution in [3.63, 3.8) is 0 Å². The summed E-state index contributed by atoms with van der Waals surface area (Å²) >= 11 is 1.28. The van der Waals surface area contributed by atoms with Crippen LogP contribution >= 0.6 is 11.3 Å². The van der Waals surface area contributed by atoms with Crippen molar-refractivity contribution in [3.05, 3.63) is 5.01 Å². The van der Waals surface area contributed by atoms with E-state index in [1.807, 2.05) is 6.92 Å². The fourth-order valence-corrected chi connectivity index (χ4v) is 2.13. The maximum atomic E-state index is 11.7. The van der Waals surface area contributed by atoms with Gasteiger partial charge in [-0.3, -0.25) is 4.90 Å². The highest BCUT2D eigenvalue weighted by Crippen LogP contribution is 2.27. The van der Waals surface area contributed by atoms with Gasteiger partial charge in [0, 0.05) is 21.1 Å². The lowest BCUT2D eigenvalue weighted by Crippen LogP contribution is -2.36. The van der Waals surface area contributed by atoms with Crippen molar-refractivity contribution in [1.29, 1.82) is 5.26 Å². The van der Waals surface area contributed by atoms with E-state index in [0.717, 1.165) is 0 Å². The summed E-state index contributed by atoms with van der Waals surface area (Å²) in [6.45, 7) is 1.92. The van der Waals surface area contributed by atoms with Crippen molar-refractivity contribution < 1.29 is 4.79 Å². The Morgan fingerprint density at radius 3 is 2.59 bits per heavy atom. The Bertz CT molecular complexity index is 436. The summed E-state index contributed by atoms with van der Waals surface area (Å²) in [6, 6.07) is 2.00. The van der Waals surface area contributed by atoms with Crippen LogP contribution in [0.3, 0.4) is 0 Å². The van der Waals surface area contributed by atoms with Crippen LogP contribution in [0.25, 0.3) is 0 Å². The highest BCUT2D eigenvalue weighted by Gasteiger charge is 2.20. The first-order valence-corrected chi connectivity index (χ1v) is 6.00. The van der Waals surface area contributed by atoms with E-state index < -0.39 is 0 Å². The van der Waals surface area contributed by atoms with E-state index in [2.05, 4.69) is 16.3 Å². The summed E-state index contributed by atoms with van der Waals surface area (Å²) in [7, 11) is 4.98. The first-order valence-electron chi connectivity index (χ1n) is 5.19. The average Bonchev–Trinajstić information content (AvgIpc) is 2.78. The molecule has 0 N–H and O–H groups in total. The Kier molecular flexibility index (Phi) is 4.40. The molecular weight excluding hydrogens is 238 g/mol. The number of hydrogen-bond acceptors (Lipinski definition) is 5. The lowest BCUT2D eigenvalue weighted by atomic mass is 10.1. The number of aromatic nitrogens is 2. The van der Waals surface area contributed by atoms with Crippen LogP contribution in [-0.4, -0.2) is 42.3 Å². The van der Waals surface area contributed by atoms with Crippen LogP contribution < -0.4 is 4.90 Å². The molecule has 0 spiro atoms. The molecule has 1 unspecified atom stereocenters. The van der Waals surface area contributed by atoms with Gasteiger partial charge in [0.1, 0.15) is 5.01 Å². The second-order valence-corrected chi connectivity index (χ2v) is 4.74. The van der Waals surface area contributed by atoms with Crippen molar-refractivity contribution in [2.75, 3.05) is 26.0 Å². The van der Waals surface area contributed by atoms with E-state index in [9.17, 15) is 4.79 Å². The van der Waals surface area contributed by atoms with E-state index in [4.69, 9.17) is 5.26 Å². The third-order valence-electron chi connectivity index (χ3n) is 2.25. The Morgan fingerprint density at radius 2 is 2.12 bits per heavy atom. The van der Waals surface area contributed by atoms with E-state index >= 15 is 0 Å². The second-order valence-electron chi connectivity index (χ2n) is 3.75. The summed E-state index contributed by atoms with van der Waals surface area (Å²) in [5.41, 5.74) is 0. The summed E-state index contributed by atoms with van der Waals surface area (Å²) in [6.07, 6.45) is 0.691. The van der Waals surface area contributed by atoms with Gasteiger partial charge in [-0.15, -0.1) is 10.2 Å². The van der Waals surface area contributed by atoms with E-state index in [-0.39, 0.29) is 11.9 Å². The van der Waals surface area contributed by atoms with Crippen molar-refractivity contribution in [2.45, 2.75) is 19.3 Å². The molecule has 0 fully saturated rings. The fraction of sp³-hybridized carbons (Fsp3) is 0.600. The fourth-order valence-electron chi connectivity index (χ4n) is 1.21. The molecule has 0 aliphatic heterocycles. The zero-order valence-corrected chi connectivity index (χ0v) is 11.2. The first kappa shape index (κ1) is 13.4. The predicted molar refractivity (Wildman–Crippen MR) is 66.0 cm³/mol. The number of urea groups is 1. The van der Waals surface area contributed by atoms with Gasteiger partial charge in [0.25, 0.3) is 0 Å². The summed E-state index contributed by atoms with van der Waals surface area (Å²) in [4.78, 5) is 14.6. The zero-order valence-electron chi connectivity index (χ0n) is 10.3. The van der Waals surface area contributed by atoms with Crippen molar-refractivity contribution in [1.82, 2.24) is 15.1 Å². The molecule has 1 rings (SSSR count). The third kappa shape index (κ3) is 2.91. The number of nitriles is 1. The largest absolute Gasteiger partial charge is 0.330 e. The standard InChI is InChI=1S/C10H15N5OS/c1-5-7(6-11)8-12-13-9(17-8)15(4)10(16)14(2)3/h7H,5H2,1-4H3. The topological polar surface area (TPSA) is 73.1 Å². The van der Waals surface area contributed by atoms with Crippen LogP contribution in [0.4, 0.5) is 9.93 Å². The minimum Gasteiger partial charge on any atom is -0.330 e. The normalized spacial score (nSPS) is 11.7. The molecule has 1 heterocycles. The first-order chi connectivity index (χ1) is 8.01. The van der Waals surface area contributed by atoms with Crippen molar-refractivity contribution >= 4 is 22.5 Å². The molecule has 0 aromatic carbocycles. The maximum absolute atomic E-state index is 11.7. The number of carbonyl (C=O) groups is 1. The van der Waals surface area contributed by atoms with E-state index in [1.54, 1.807) is 21.1 Å². The molecule has 1 aromatic rings. The number of amides is 2. The average molecular weight is 253 g/mol. The van der Waals surface area contributed by atoms with Crippen molar-refractivity contribution in [3.8, 4) is 6.07 Å². The SMILES string of the molecule is CCC(C#N)c1nnc(N(C)C(=O)N(C)C)s1. The Balaban J connectivity index is 2.88. The lowest BCUT2D eigenvalue weighted by molar-refractivity contribution is 0.225. The molecule has 0 radical (unpaired) electrons. The lowest BCUT2D eigenvalue weighted by Gasteiger charge is -2.18. The van der Waals surface area contributed by atoms with Crippen LogP contribution in [0.2, 0.25) is 0 Å². The molecule has 6 nitrogen and oxygen atoms in total. The molecule has 0 saturated heterocycles. The molecule has 7 heteroatoms. The summed E-state index contributed by atoms with van der Waals surface area (Å²) in [5.74, 6) is -0.246. The number of hydrogen-bond donors (Lipinski definition) is 0. The Labute approximate surface area is 104 Å². The molecule has 0 bridgehead atoms. The predicted octanol–water partition coefficient (Wildman–Crippen LogP) is 1.67. The van der Waals surface area contributed by atoms with Crippen LogP contribution in [-0.2, 0) is 0 Å². The Morgan fingerprint density at radius 1 is 1.47 bits per heavy atom. The van der Waals surface area contributed by atoms with Gasteiger partial charge >= 0.3 is 6.03 Å². The minimum atomic E-state index is -0.246. The van der Waals surface area contributed by atoms with Crippen LogP contribution in [0.1, 0.15) is 24.3 Å². The van der Waals surface area contributed by atoms with Gasteiger partial charge in [0.05, 0.1) is 12.0 Å². The van der Waals surface area contributed by atoms with Crippen LogP contribution in [0.15, 0.2) is 0 Å². The maximum Gasteiger partial charge on any atom is 0.325 e. The van der Waals surface area contributed by atoms with Gasteiger partial charge in [-0.1, -0.05) is 18.3 Å². The molecule has 0 aliphatic carbocycles. The summed E-state index contributed by atoms with van der Waals surface area (Å²) in [5, 5.41) is 18.0. The molecule has 1 aromatic heterocycles. The quantitative estimate of drug-likeness (QED) is 0.821. The van der Waals surface area contributed by atoms with Gasteiger partial charge in [-0.05, 0) is 6.42 Å². The molecule has 0 aliphatic rings. The van der Waals surface area contributed by atoms with E-state index in [0.29, 0.717) is 16.6 Å². The summed E-state index contributed by atoms with van der Waals surface area (Å²) < 4.78 is 0. The molecule has 2 amide bonds. The van der Waals surface area contributed by atoms with Gasteiger partial charge in [-0.2, -0.15) is 5.26 Å². The van der Waals surface area contributed by atoms with Gasteiger partial charge < -0.3 is 4.90 Å². The van der Waals surface area contributed by atoms with Crippen molar-refractivity contribution in [2.24, 2.45) is 0 Å². The zero-order chi connectivity index (χ0) is 13.0. The number of nitrogens with zero attached hydrogens (tertiary/aromatic N) is 5. The third-order valence-corrected chi connectivity index (χ3v) is 3.36. The monoisotopic (exact) mass is 253 g/mol. The molecular formula is C10H15N5OS. The number of carbonyl (C=O) groups excluding carboxylic acids is 1. The number of anilines is 1. The van der Waals surface area contributed by atoms with E-state index in [1.165, 1.54) is 21.1 Å². The minimum absolute atomic E-state index is 0.169.